The number of rotatable bonds is 14. The van der Waals surface area contributed by atoms with Crippen LogP contribution in [-0.2, 0) is 5.41 Å². The molecule has 0 heterocycles. The highest BCUT2D eigenvalue weighted by molar-refractivity contribution is 5.48. The summed E-state index contributed by atoms with van der Waals surface area (Å²) in [7, 11) is 0. The van der Waals surface area contributed by atoms with Gasteiger partial charge in [-0.15, -0.1) is 0 Å². The summed E-state index contributed by atoms with van der Waals surface area (Å²) in [4.78, 5) is 0. The van der Waals surface area contributed by atoms with Crippen LogP contribution >= 0.6 is 0 Å². The van der Waals surface area contributed by atoms with Crippen molar-refractivity contribution in [2.24, 2.45) is 34.0 Å². The minimum Gasteiger partial charge on any atom is -0.0659 e. The molecule has 4 atom stereocenters. The average molecular weight is 523 g/mol. The first-order valence-corrected chi connectivity index (χ1v) is 16.6. The summed E-state index contributed by atoms with van der Waals surface area (Å²) in [6.45, 7) is 30.4. The molecule has 2 rings (SSSR count). The van der Waals surface area contributed by atoms with E-state index in [1.54, 1.807) is 11.1 Å². The van der Waals surface area contributed by atoms with Crippen molar-refractivity contribution in [3.63, 3.8) is 0 Å². The van der Waals surface area contributed by atoms with Crippen molar-refractivity contribution < 1.29 is 0 Å². The fourth-order valence-corrected chi connectivity index (χ4v) is 9.59. The van der Waals surface area contributed by atoms with E-state index in [0.29, 0.717) is 17.8 Å². The van der Waals surface area contributed by atoms with Gasteiger partial charge in [-0.3, -0.25) is 0 Å². The lowest BCUT2D eigenvalue weighted by molar-refractivity contribution is -0.141. The van der Waals surface area contributed by atoms with Gasteiger partial charge in [0, 0.05) is 5.41 Å². The molecule has 38 heavy (non-hydrogen) atoms. The highest BCUT2D eigenvalue weighted by atomic mass is 14.7. The molecular weight excluding hydrogens is 456 g/mol. The van der Waals surface area contributed by atoms with Crippen LogP contribution in [0.1, 0.15) is 159 Å². The molecule has 0 spiro atoms. The van der Waals surface area contributed by atoms with Crippen molar-refractivity contribution in [2.45, 2.75) is 159 Å². The number of allylic oxidation sites excluding steroid dienone is 2. The van der Waals surface area contributed by atoms with Crippen LogP contribution in [0.4, 0.5) is 0 Å². The zero-order valence-corrected chi connectivity index (χ0v) is 27.9. The van der Waals surface area contributed by atoms with Gasteiger partial charge in [-0.2, -0.15) is 0 Å². The number of hydrogen-bond donors (Lipinski definition) is 0. The Bertz CT molecular complexity index is 865. The summed E-state index contributed by atoms with van der Waals surface area (Å²) in [5, 5.41) is 0. The molecule has 0 amide bonds. The molecule has 1 aromatic carbocycles. The monoisotopic (exact) mass is 523 g/mol. The molecule has 218 valence electrons. The summed E-state index contributed by atoms with van der Waals surface area (Å²) >= 11 is 0. The first-order chi connectivity index (χ1) is 17.8. The topological polar surface area (TPSA) is 0 Å². The summed E-state index contributed by atoms with van der Waals surface area (Å²) in [5.74, 6) is 1.88. The van der Waals surface area contributed by atoms with Crippen LogP contribution in [0.15, 0.2) is 41.5 Å². The maximum atomic E-state index is 2.78. The molecule has 1 aromatic rings. The Morgan fingerprint density at radius 1 is 0.763 bits per heavy atom. The van der Waals surface area contributed by atoms with Gasteiger partial charge in [0.2, 0.25) is 0 Å². The third-order valence-electron chi connectivity index (χ3n) is 10.9. The first-order valence-electron chi connectivity index (χ1n) is 16.6. The molecule has 0 fully saturated rings. The lowest BCUT2D eigenvalue weighted by Gasteiger charge is -2.71. The van der Waals surface area contributed by atoms with E-state index in [-0.39, 0.29) is 21.7 Å². The lowest BCUT2D eigenvalue weighted by Crippen LogP contribution is -2.65. The van der Waals surface area contributed by atoms with E-state index < -0.39 is 0 Å². The van der Waals surface area contributed by atoms with Crippen LogP contribution in [0, 0.1) is 34.0 Å². The van der Waals surface area contributed by atoms with E-state index in [4.69, 9.17) is 0 Å². The van der Waals surface area contributed by atoms with Crippen LogP contribution in [0.2, 0.25) is 0 Å². The van der Waals surface area contributed by atoms with E-state index in [1.165, 1.54) is 70.6 Å². The zero-order valence-electron chi connectivity index (χ0n) is 27.9. The Balaban J connectivity index is 3.17. The minimum atomic E-state index is 0.0737. The number of hydrogen-bond acceptors (Lipinski definition) is 0. The second kappa shape index (κ2) is 13.5. The molecule has 0 nitrogen and oxygen atoms in total. The van der Waals surface area contributed by atoms with E-state index in [9.17, 15) is 0 Å². The molecule has 0 bridgehead atoms. The predicted octanol–water partition coefficient (Wildman–Crippen LogP) is 12.6. The summed E-state index contributed by atoms with van der Waals surface area (Å²) in [6.07, 6.45) is 14.5. The van der Waals surface area contributed by atoms with Crippen molar-refractivity contribution in [3.05, 3.63) is 47.0 Å². The third-order valence-corrected chi connectivity index (χ3v) is 10.9. The minimum absolute atomic E-state index is 0.0737. The Labute approximate surface area is 239 Å². The maximum absolute atomic E-state index is 2.78. The van der Waals surface area contributed by atoms with E-state index >= 15 is 0 Å². The summed E-state index contributed by atoms with van der Waals surface area (Å²) in [6, 6.07) is 11.9. The van der Waals surface area contributed by atoms with Crippen LogP contribution < -0.4 is 0 Å². The Kier molecular flexibility index (Phi) is 11.8. The molecule has 0 saturated carbocycles. The Hall–Kier alpha value is -1.04. The highest BCUT2D eigenvalue weighted by Gasteiger charge is 2.68. The van der Waals surface area contributed by atoms with Gasteiger partial charge in [0.15, 0.2) is 0 Å². The molecule has 1 aliphatic rings. The largest absolute Gasteiger partial charge is 0.0659 e. The molecule has 0 N–H and O–H groups in total. The van der Waals surface area contributed by atoms with E-state index in [1.807, 2.05) is 5.57 Å². The normalized spacial score (nSPS) is 28.5. The SMILES string of the molecule is CCCCCCC1(CCC)C(C(C)(C)C)C(CC(C)C)=C(C)C(CCCC)(c2ccccc2)C1(C)C(C)C. The fourth-order valence-electron chi connectivity index (χ4n) is 9.59. The molecule has 0 heteroatoms. The summed E-state index contributed by atoms with van der Waals surface area (Å²) < 4.78 is 0. The smallest absolute Gasteiger partial charge is 0.0223 e. The van der Waals surface area contributed by atoms with Crippen LogP contribution in [-0.4, -0.2) is 0 Å². The highest BCUT2D eigenvalue weighted by Crippen LogP contribution is 2.74. The molecule has 1 aliphatic carbocycles. The Morgan fingerprint density at radius 3 is 1.84 bits per heavy atom. The molecule has 0 saturated heterocycles. The summed E-state index contributed by atoms with van der Waals surface area (Å²) in [5.41, 5.74) is 5.90. The van der Waals surface area contributed by atoms with Crippen LogP contribution in [0.3, 0.4) is 0 Å². The molecule has 0 radical (unpaired) electrons. The van der Waals surface area contributed by atoms with Crippen molar-refractivity contribution in [1.82, 2.24) is 0 Å². The quantitative estimate of drug-likeness (QED) is 0.168. The number of benzene rings is 1. The Morgan fingerprint density at radius 2 is 1.37 bits per heavy atom. The molecule has 0 aromatic heterocycles. The van der Waals surface area contributed by atoms with Gasteiger partial charge in [-0.05, 0) is 72.2 Å². The lowest BCUT2D eigenvalue weighted by atomic mass is 9.33. The van der Waals surface area contributed by atoms with E-state index in [0.717, 1.165) is 0 Å². The molecule has 4 unspecified atom stereocenters. The van der Waals surface area contributed by atoms with Crippen molar-refractivity contribution in [1.29, 1.82) is 0 Å². The third kappa shape index (κ3) is 5.86. The number of unbranched alkanes of at least 4 members (excludes halogenated alkanes) is 4. The van der Waals surface area contributed by atoms with Gasteiger partial charge in [0.1, 0.15) is 0 Å². The first kappa shape index (κ1) is 33.2. The molecular formula is C38H66. The zero-order chi connectivity index (χ0) is 28.8. The second-order valence-corrected chi connectivity index (χ2v) is 15.0. The van der Waals surface area contributed by atoms with Gasteiger partial charge >= 0.3 is 0 Å². The standard InChI is InChI=1S/C38H66/c1-13-16-18-22-26-37(25-15-3)34(35(9,10)11)33(28-29(4)5)31(8)38(27-17-14-2,36(37,12)30(6)7)32-23-20-19-21-24-32/h19-21,23-24,29-30,34H,13-18,22,25-28H2,1-12H3. The van der Waals surface area contributed by atoms with E-state index in [2.05, 4.69) is 113 Å². The van der Waals surface area contributed by atoms with Crippen molar-refractivity contribution in [2.75, 3.05) is 0 Å². The van der Waals surface area contributed by atoms with Gasteiger partial charge < -0.3 is 0 Å². The fraction of sp³-hybridized carbons (Fsp3) is 0.789. The predicted molar refractivity (Wildman–Crippen MR) is 172 cm³/mol. The van der Waals surface area contributed by atoms with Crippen LogP contribution in [0.5, 0.6) is 0 Å². The second-order valence-electron chi connectivity index (χ2n) is 15.0. The van der Waals surface area contributed by atoms with Gasteiger partial charge in [-0.1, -0.05) is 163 Å². The van der Waals surface area contributed by atoms with Gasteiger partial charge in [0.05, 0.1) is 0 Å². The maximum Gasteiger partial charge on any atom is 0.0223 e. The van der Waals surface area contributed by atoms with Gasteiger partial charge in [-0.25, -0.2) is 0 Å². The van der Waals surface area contributed by atoms with Crippen molar-refractivity contribution >= 4 is 0 Å². The van der Waals surface area contributed by atoms with Gasteiger partial charge in [0.25, 0.3) is 0 Å². The van der Waals surface area contributed by atoms with Crippen molar-refractivity contribution in [3.8, 4) is 0 Å². The molecule has 0 aliphatic heterocycles. The van der Waals surface area contributed by atoms with Crippen LogP contribution in [0.25, 0.3) is 0 Å². The average Bonchev–Trinajstić information content (AvgIpc) is 2.85.